The second-order valence-corrected chi connectivity index (χ2v) is 8.85. The molecule has 1 aliphatic heterocycles. The van der Waals surface area contributed by atoms with E-state index in [4.69, 9.17) is 4.74 Å². The van der Waals surface area contributed by atoms with E-state index in [2.05, 4.69) is 23.7 Å². The van der Waals surface area contributed by atoms with Gasteiger partial charge in [0, 0.05) is 19.0 Å². The molecule has 1 fully saturated rings. The normalized spacial score (nSPS) is 28.9. The van der Waals surface area contributed by atoms with E-state index >= 15 is 0 Å². The van der Waals surface area contributed by atoms with Crippen molar-refractivity contribution in [2.24, 2.45) is 11.8 Å². The summed E-state index contributed by atoms with van der Waals surface area (Å²) in [6, 6.07) is 1.83. The average molecular weight is 327 g/mol. The Kier molecular flexibility index (Phi) is 4.45. The van der Waals surface area contributed by atoms with E-state index in [0.717, 1.165) is 43.8 Å². The molecule has 2 unspecified atom stereocenters. The highest BCUT2D eigenvalue weighted by Gasteiger charge is 2.33. The molecular weight excluding hydrogens is 302 g/mol. The number of hydrogen-bond acceptors (Lipinski definition) is 4. The molecule has 1 saturated carbocycles. The third-order valence-electron chi connectivity index (χ3n) is 4.59. The van der Waals surface area contributed by atoms with Gasteiger partial charge in [0.25, 0.3) is 0 Å². The van der Waals surface area contributed by atoms with Crippen LogP contribution in [0.4, 0.5) is 0 Å². The van der Waals surface area contributed by atoms with E-state index in [1.165, 1.54) is 0 Å². The van der Waals surface area contributed by atoms with Crippen LogP contribution in [0.1, 0.15) is 45.2 Å². The fraction of sp³-hybridized carbons (Fsp3) is 0.800. The van der Waals surface area contributed by atoms with Gasteiger partial charge in [-0.1, -0.05) is 13.8 Å². The predicted octanol–water partition coefficient (Wildman–Crippen LogP) is 1.91. The van der Waals surface area contributed by atoms with Crippen LogP contribution in [0.2, 0.25) is 0 Å². The number of aromatic nitrogens is 2. The Bertz CT molecular complexity index is 592. The molecule has 0 aromatic carbocycles. The molecule has 0 spiro atoms. The summed E-state index contributed by atoms with van der Waals surface area (Å²) in [6.07, 6.45) is 3.57. The Labute approximate surface area is 132 Å². The van der Waals surface area contributed by atoms with Crippen molar-refractivity contribution >= 4 is 10.0 Å². The van der Waals surface area contributed by atoms with Crippen molar-refractivity contribution in [3.8, 4) is 5.88 Å². The molecule has 2 heterocycles. The smallest absolute Gasteiger partial charge is 0.214 e. The monoisotopic (exact) mass is 327 g/mol. The number of nitrogens with zero attached hydrogens (tertiary/aromatic N) is 2. The summed E-state index contributed by atoms with van der Waals surface area (Å²) in [5.74, 6) is 1.68. The molecule has 1 aromatic heterocycles. The van der Waals surface area contributed by atoms with E-state index in [-0.39, 0.29) is 11.8 Å². The molecule has 2 aliphatic rings. The molecule has 2 atom stereocenters. The molecular formula is C15H25N3O3S. The summed E-state index contributed by atoms with van der Waals surface area (Å²) in [7, 11) is -3.29. The van der Waals surface area contributed by atoms with E-state index in [1.54, 1.807) is 4.68 Å². The maximum Gasteiger partial charge on any atom is 0.214 e. The zero-order valence-corrected chi connectivity index (χ0v) is 14.1. The zero-order valence-electron chi connectivity index (χ0n) is 13.3. The lowest BCUT2D eigenvalue weighted by molar-refractivity contribution is 0.230. The summed E-state index contributed by atoms with van der Waals surface area (Å²) in [6.45, 7) is 6.05. The Morgan fingerprint density at radius 2 is 2.05 bits per heavy atom. The standard InChI is InChI=1S/C15H25N3O3S/c1-11-6-12(2)8-14(7-11)22(19,20)16-10-13-9-15-18(17-13)4-3-5-21-15/h9,11-12,14,16H,3-8,10H2,1-2H3. The Morgan fingerprint density at radius 1 is 1.32 bits per heavy atom. The van der Waals surface area contributed by atoms with Gasteiger partial charge in [-0.2, -0.15) is 5.10 Å². The number of ether oxygens (including phenoxy) is 1. The molecule has 124 valence electrons. The van der Waals surface area contributed by atoms with Gasteiger partial charge in [0.2, 0.25) is 15.9 Å². The largest absolute Gasteiger partial charge is 0.478 e. The Balaban J connectivity index is 1.63. The Hall–Kier alpha value is -1.08. The SMILES string of the molecule is CC1CC(C)CC(S(=O)(=O)NCc2cc3n(n2)CCCO3)C1. The number of rotatable bonds is 4. The van der Waals surface area contributed by atoms with Gasteiger partial charge in [-0.3, -0.25) is 0 Å². The fourth-order valence-electron chi connectivity index (χ4n) is 3.62. The number of fused-ring (bicyclic) bond motifs is 1. The zero-order chi connectivity index (χ0) is 15.7. The van der Waals surface area contributed by atoms with Crippen LogP contribution in [0.3, 0.4) is 0 Å². The van der Waals surface area contributed by atoms with Crippen molar-refractivity contribution in [3.63, 3.8) is 0 Å². The first-order chi connectivity index (χ1) is 10.4. The highest BCUT2D eigenvalue weighted by atomic mass is 32.2. The summed E-state index contributed by atoms with van der Waals surface area (Å²) >= 11 is 0. The van der Waals surface area contributed by atoms with E-state index in [0.29, 0.717) is 18.4 Å². The first-order valence-electron chi connectivity index (χ1n) is 8.12. The molecule has 3 rings (SSSR count). The molecule has 6 nitrogen and oxygen atoms in total. The maximum absolute atomic E-state index is 12.5. The van der Waals surface area contributed by atoms with Crippen LogP contribution in [0, 0.1) is 11.8 Å². The fourth-order valence-corrected chi connectivity index (χ4v) is 5.37. The molecule has 22 heavy (non-hydrogen) atoms. The van der Waals surface area contributed by atoms with Crippen LogP contribution >= 0.6 is 0 Å². The highest BCUT2D eigenvalue weighted by Crippen LogP contribution is 2.32. The van der Waals surface area contributed by atoms with Gasteiger partial charge < -0.3 is 4.74 Å². The van der Waals surface area contributed by atoms with Crippen molar-refractivity contribution in [1.82, 2.24) is 14.5 Å². The summed E-state index contributed by atoms with van der Waals surface area (Å²) in [5, 5.41) is 4.12. The second-order valence-electron chi connectivity index (χ2n) is 6.80. The number of aryl methyl sites for hydroxylation is 1. The van der Waals surface area contributed by atoms with Crippen molar-refractivity contribution in [2.75, 3.05) is 6.61 Å². The third-order valence-corrected chi connectivity index (χ3v) is 6.40. The minimum atomic E-state index is -3.29. The van der Waals surface area contributed by atoms with Crippen molar-refractivity contribution < 1.29 is 13.2 Å². The lowest BCUT2D eigenvalue weighted by Crippen LogP contribution is -2.38. The van der Waals surface area contributed by atoms with Gasteiger partial charge in [0.15, 0.2) is 0 Å². The molecule has 1 aromatic rings. The predicted molar refractivity (Wildman–Crippen MR) is 84.1 cm³/mol. The summed E-state index contributed by atoms with van der Waals surface area (Å²) < 4.78 is 35.1. The lowest BCUT2D eigenvalue weighted by Gasteiger charge is -2.31. The highest BCUT2D eigenvalue weighted by molar-refractivity contribution is 7.90. The Morgan fingerprint density at radius 3 is 2.73 bits per heavy atom. The van der Waals surface area contributed by atoms with Gasteiger partial charge >= 0.3 is 0 Å². The van der Waals surface area contributed by atoms with Crippen LogP contribution in [0.15, 0.2) is 6.07 Å². The van der Waals surface area contributed by atoms with Gasteiger partial charge in [-0.05, 0) is 31.1 Å². The molecule has 1 aliphatic carbocycles. The minimum Gasteiger partial charge on any atom is -0.478 e. The molecule has 0 saturated heterocycles. The van der Waals surface area contributed by atoms with Crippen LogP contribution < -0.4 is 9.46 Å². The second kappa shape index (κ2) is 6.20. The lowest BCUT2D eigenvalue weighted by atomic mass is 9.83. The van der Waals surface area contributed by atoms with E-state index in [9.17, 15) is 8.42 Å². The molecule has 7 heteroatoms. The van der Waals surface area contributed by atoms with Gasteiger partial charge in [-0.15, -0.1) is 0 Å². The minimum absolute atomic E-state index is 0.241. The quantitative estimate of drug-likeness (QED) is 0.917. The van der Waals surface area contributed by atoms with Crippen LogP contribution in [0.25, 0.3) is 0 Å². The van der Waals surface area contributed by atoms with Crippen molar-refractivity contribution in [2.45, 2.75) is 57.9 Å². The molecule has 1 N–H and O–H groups in total. The van der Waals surface area contributed by atoms with Gasteiger partial charge in [-0.25, -0.2) is 17.8 Å². The summed E-state index contributed by atoms with van der Waals surface area (Å²) in [5.41, 5.74) is 0.720. The number of nitrogens with one attached hydrogen (secondary N) is 1. The van der Waals surface area contributed by atoms with Crippen molar-refractivity contribution in [1.29, 1.82) is 0 Å². The first-order valence-corrected chi connectivity index (χ1v) is 9.66. The van der Waals surface area contributed by atoms with Gasteiger partial charge in [0.05, 0.1) is 24.1 Å². The van der Waals surface area contributed by atoms with Crippen LogP contribution in [0.5, 0.6) is 5.88 Å². The topological polar surface area (TPSA) is 73.2 Å². The molecule has 0 bridgehead atoms. The van der Waals surface area contributed by atoms with Crippen molar-refractivity contribution in [3.05, 3.63) is 11.8 Å². The first kappa shape index (κ1) is 15.8. The molecule has 0 radical (unpaired) electrons. The molecule has 0 amide bonds. The van der Waals surface area contributed by atoms with E-state index < -0.39 is 10.0 Å². The van der Waals surface area contributed by atoms with Crippen LogP contribution in [-0.4, -0.2) is 30.1 Å². The number of sulfonamides is 1. The maximum atomic E-state index is 12.5. The van der Waals surface area contributed by atoms with E-state index in [1.807, 2.05) is 6.07 Å². The third kappa shape index (κ3) is 3.46. The van der Waals surface area contributed by atoms with Crippen LogP contribution in [-0.2, 0) is 23.1 Å². The summed E-state index contributed by atoms with van der Waals surface area (Å²) in [4.78, 5) is 0. The van der Waals surface area contributed by atoms with Gasteiger partial charge in [0.1, 0.15) is 0 Å². The number of hydrogen-bond donors (Lipinski definition) is 1. The average Bonchev–Trinajstić information content (AvgIpc) is 2.87.